The Morgan fingerprint density at radius 1 is 1.50 bits per heavy atom. The zero-order valence-electron chi connectivity index (χ0n) is 10.2. The predicted molar refractivity (Wildman–Crippen MR) is 65.9 cm³/mol. The van der Waals surface area contributed by atoms with Gasteiger partial charge in [0.2, 0.25) is 5.91 Å². The Hall–Kier alpha value is -1.35. The second-order valence-electron chi connectivity index (χ2n) is 4.42. The molecule has 1 atom stereocenters. The van der Waals surface area contributed by atoms with Crippen molar-refractivity contribution in [1.29, 1.82) is 0 Å². The zero-order chi connectivity index (χ0) is 12.1. The highest BCUT2D eigenvalue weighted by Crippen LogP contribution is 2.07. The summed E-state index contributed by atoms with van der Waals surface area (Å²) in [5.74, 6) is 0.0940. The molecular weight excluding hydrogens is 200 g/mol. The number of hydrogen-bond acceptors (Lipinski definition) is 2. The third-order valence-corrected chi connectivity index (χ3v) is 2.42. The van der Waals surface area contributed by atoms with Crippen LogP contribution in [0.25, 0.3) is 0 Å². The number of rotatable bonds is 4. The summed E-state index contributed by atoms with van der Waals surface area (Å²) in [6.07, 6.45) is 0.405. The zero-order valence-corrected chi connectivity index (χ0v) is 10.2. The number of amides is 1. The molecule has 3 heteroatoms. The van der Waals surface area contributed by atoms with Crippen LogP contribution in [0.4, 0.5) is 0 Å². The molecule has 0 aromatic heterocycles. The lowest BCUT2D eigenvalue weighted by molar-refractivity contribution is -0.130. The smallest absolute Gasteiger partial charge is 0.224 e. The molecule has 0 heterocycles. The number of carbonyl (C=O) groups is 1. The Kier molecular flexibility index (Phi) is 4.50. The van der Waals surface area contributed by atoms with Crippen molar-refractivity contribution < 1.29 is 4.79 Å². The second kappa shape index (κ2) is 5.66. The Labute approximate surface area is 97.2 Å². The number of carbonyl (C=O) groups excluding carboxylic acids is 1. The van der Waals surface area contributed by atoms with E-state index in [0.29, 0.717) is 13.0 Å². The Morgan fingerprint density at radius 2 is 2.19 bits per heavy atom. The highest BCUT2D eigenvalue weighted by molar-refractivity contribution is 5.76. The maximum Gasteiger partial charge on any atom is 0.224 e. The van der Waals surface area contributed by atoms with E-state index in [9.17, 15) is 4.79 Å². The van der Waals surface area contributed by atoms with Crippen LogP contribution in [0, 0.1) is 6.92 Å². The van der Waals surface area contributed by atoms with Crippen LogP contribution in [0.5, 0.6) is 0 Å². The van der Waals surface area contributed by atoms with Crippen molar-refractivity contribution in [1.82, 2.24) is 4.90 Å². The summed E-state index contributed by atoms with van der Waals surface area (Å²) in [5, 5.41) is 0. The summed E-state index contributed by atoms with van der Waals surface area (Å²) >= 11 is 0. The molecule has 0 spiro atoms. The van der Waals surface area contributed by atoms with Gasteiger partial charge in [0.1, 0.15) is 0 Å². The van der Waals surface area contributed by atoms with Crippen LogP contribution in [0.1, 0.15) is 24.5 Å². The van der Waals surface area contributed by atoms with Crippen molar-refractivity contribution in [3.05, 3.63) is 35.4 Å². The lowest BCUT2D eigenvalue weighted by atomic mass is 10.1. The van der Waals surface area contributed by atoms with Crippen LogP contribution in [0.3, 0.4) is 0 Å². The van der Waals surface area contributed by atoms with Crippen molar-refractivity contribution in [3.8, 4) is 0 Å². The molecule has 1 unspecified atom stereocenters. The van der Waals surface area contributed by atoms with Crippen LogP contribution < -0.4 is 5.73 Å². The molecule has 0 aliphatic rings. The number of aryl methyl sites for hydroxylation is 1. The molecule has 0 aliphatic carbocycles. The van der Waals surface area contributed by atoms with Crippen molar-refractivity contribution in [2.24, 2.45) is 5.73 Å². The van der Waals surface area contributed by atoms with Gasteiger partial charge >= 0.3 is 0 Å². The molecule has 16 heavy (non-hydrogen) atoms. The molecule has 0 bridgehead atoms. The SMILES string of the molecule is Cc1cccc(CN(C)C(=O)CC(C)N)c1. The molecule has 0 aliphatic heterocycles. The first-order valence-electron chi connectivity index (χ1n) is 5.54. The first-order chi connectivity index (χ1) is 7.49. The quantitative estimate of drug-likeness (QED) is 0.839. The van der Waals surface area contributed by atoms with Gasteiger partial charge in [-0.3, -0.25) is 4.79 Å². The number of benzene rings is 1. The number of nitrogens with two attached hydrogens (primary N) is 1. The van der Waals surface area contributed by atoms with Gasteiger partial charge in [0.05, 0.1) is 0 Å². The first-order valence-corrected chi connectivity index (χ1v) is 5.54. The van der Waals surface area contributed by atoms with Gasteiger partial charge in [-0.1, -0.05) is 29.8 Å². The van der Waals surface area contributed by atoms with E-state index in [2.05, 4.69) is 6.07 Å². The summed E-state index contributed by atoms with van der Waals surface area (Å²) in [5.41, 5.74) is 7.97. The Balaban J connectivity index is 2.57. The van der Waals surface area contributed by atoms with E-state index in [-0.39, 0.29) is 11.9 Å². The van der Waals surface area contributed by atoms with Crippen LogP contribution in [-0.4, -0.2) is 23.9 Å². The largest absolute Gasteiger partial charge is 0.341 e. The van der Waals surface area contributed by atoms with E-state index in [0.717, 1.165) is 5.56 Å². The highest BCUT2D eigenvalue weighted by atomic mass is 16.2. The molecule has 1 amide bonds. The molecule has 1 rings (SSSR count). The van der Waals surface area contributed by atoms with E-state index in [1.54, 1.807) is 4.90 Å². The molecule has 0 fully saturated rings. The fourth-order valence-corrected chi connectivity index (χ4v) is 1.60. The first kappa shape index (κ1) is 12.7. The lowest BCUT2D eigenvalue weighted by Gasteiger charge is -2.18. The summed E-state index contributed by atoms with van der Waals surface area (Å²) in [6, 6.07) is 8.10. The monoisotopic (exact) mass is 220 g/mol. The van der Waals surface area contributed by atoms with Gasteiger partial charge in [-0.15, -0.1) is 0 Å². The summed E-state index contributed by atoms with van der Waals surface area (Å²) in [7, 11) is 1.81. The normalized spacial score (nSPS) is 12.2. The minimum Gasteiger partial charge on any atom is -0.341 e. The fourth-order valence-electron chi connectivity index (χ4n) is 1.60. The molecule has 88 valence electrons. The summed E-state index contributed by atoms with van der Waals surface area (Å²) < 4.78 is 0. The van der Waals surface area contributed by atoms with Gasteiger partial charge in [0, 0.05) is 26.1 Å². The molecule has 0 radical (unpaired) electrons. The van der Waals surface area contributed by atoms with E-state index >= 15 is 0 Å². The molecule has 0 saturated heterocycles. The van der Waals surface area contributed by atoms with Crippen molar-refractivity contribution in [2.75, 3.05) is 7.05 Å². The third kappa shape index (κ3) is 4.03. The predicted octanol–water partition coefficient (Wildman–Crippen LogP) is 1.69. The van der Waals surface area contributed by atoms with E-state index in [1.807, 2.05) is 39.1 Å². The van der Waals surface area contributed by atoms with Crippen LogP contribution in [-0.2, 0) is 11.3 Å². The summed E-state index contributed by atoms with van der Waals surface area (Å²) in [6.45, 7) is 4.54. The van der Waals surface area contributed by atoms with Crippen molar-refractivity contribution >= 4 is 5.91 Å². The second-order valence-corrected chi connectivity index (χ2v) is 4.42. The van der Waals surface area contributed by atoms with Crippen molar-refractivity contribution in [2.45, 2.75) is 32.9 Å². The van der Waals surface area contributed by atoms with Gasteiger partial charge in [-0.25, -0.2) is 0 Å². The topological polar surface area (TPSA) is 46.3 Å². The summed E-state index contributed by atoms with van der Waals surface area (Å²) in [4.78, 5) is 13.4. The molecule has 1 aromatic carbocycles. The highest BCUT2D eigenvalue weighted by Gasteiger charge is 2.10. The van der Waals surface area contributed by atoms with Gasteiger partial charge in [0.25, 0.3) is 0 Å². The minimum atomic E-state index is -0.0764. The average Bonchev–Trinajstić information content (AvgIpc) is 2.16. The van der Waals surface area contributed by atoms with Crippen LogP contribution in [0.15, 0.2) is 24.3 Å². The molecule has 3 nitrogen and oxygen atoms in total. The van der Waals surface area contributed by atoms with E-state index in [4.69, 9.17) is 5.73 Å². The Morgan fingerprint density at radius 3 is 2.75 bits per heavy atom. The van der Waals surface area contributed by atoms with Gasteiger partial charge in [0.15, 0.2) is 0 Å². The average molecular weight is 220 g/mol. The van der Waals surface area contributed by atoms with E-state index in [1.165, 1.54) is 5.56 Å². The minimum absolute atomic E-state index is 0.0764. The maximum atomic E-state index is 11.7. The molecule has 0 saturated carbocycles. The Bertz CT molecular complexity index is 361. The molecule has 2 N–H and O–H groups in total. The number of nitrogens with zero attached hydrogens (tertiary/aromatic N) is 1. The van der Waals surface area contributed by atoms with Gasteiger partial charge < -0.3 is 10.6 Å². The van der Waals surface area contributed by atoms with E-state index < -0.39 is 0 Å². The fraction of sp³-hybridized carbons (Fsp3) is 0.462. The van der Waals surface area contributed by atoms with Crippen molar-refractivity contribution in [3.63, 3.8) is 0 Å². The van der Waals surface area contributed by atoms with Crippen LogP contribution in [0.2, 0.25) is 0 Å². The maximum absolute atomic E-state index is 11.7. The lowest BCUT2D eigenvalue weighted by Crippen LogP contribution is -2.31. The standard InChI is InChI=1S/C13H20N2O/c1-10-5-4-6-12(7-10)9-15(3)13(16)8-11(2)14/h4-7,11H,8-9,14H2,1-3H3. The number of hydrogen-bond donors (Lipinski definition) is 1. The third-order valence-electron chi connectivity index (χ3n) is 2.42. The van der Waals surface area contributed by atoms with Crippen LogP contribution >= 0.6 is 0 Å². The van der Waals surface area contributed by atoms with Gasteiger partial charge in [-0.05, 0) is 19.4 Å². The molecule has 1 aromatic rings. The molecular formula is C13H20N2O. The van der Waals surface area contributed by atoms with Gasteiger partial charge in [-0.2, -0.15) is 0 Å².